The summed E-state index contributed by atoms with van der Waals surface area (Å²) in [4.78, 5) is 15.0. The number of likely N-dealkylation sites (N-methyl/N-ethyl adjacent to an activating group) is 1. The van der Waals surface area contributed by atoms with Gasteiger partial charge in [0, 0.05) is 29.3 Å². The Kier molecular flexibility index (Phi) is 7.51. The third-order valence-corrected chi connectivity index (χ3v) is 6.85. The van der Waals surface area contributed by atoms with Gasteiger partial charge in [0.15, 0.2) is 0 Å². The highest BCUT2D eigenvalue weighted by molar-refractivity contribution is 7.78. The van der Waals surface area contributed by atoms with Crippen LogP contribution in [0.5, 0.6) is 0 Å². The number of amides is 1. The van der Waals surface area contributed by atoms with E-state index in [1.165, 1.54) is 0 Å². The number of benzene rings is 3. The fourth-order valence-corrected chi connectivity index (χ4v) is 4.82. The van der Waals surface area contributed by atoms with Crippen molar-refractivity contribution in [1.82, 2.24) is 4.90 Å². The Labute approximate surface area is 205 Å². The summed E-state index contributed by atoms with van der Waals surface area (Å²) >= 11 is 10.0. The minimum Gasteiger partial charge on any atom is -0.772 e. The van der Waals surface area contributed by atoms with E-state index >= 15 is 0 Å². The molecule has 0 saturated carbocycles. The maximum Gasteiger partial charge on any atom is 0.252 e. The maximum atomic E-state index is 13.3. The molecule has 1 heterocycles. The van der Waals surface area contributed by atoms with E-state index in [9.17, 15) is 13.6 Å². The molecule has 0 N–H and O–H groups in total. The van der Waals surface area contributed by atoms with Crippen LogP contribution in [0.4, 0.5) is 0 Å². The Morgan fingerprint density at radius 3 is 1.94 bits per heavy atom. The van der Waals surface area contributed by atoms with Gasteiger partial charge in [-0.2, -0.15) is 0 Å². The van der Waals surface area contributed by atoms with Crippen molar-refractivity contribution in [2.45, 2.75) is 30.4 Å². The Balaban J connectivity index is 1.63. The minimum atomic E-state index is -2.14. The van der Waals surface area contributed by atoms with Crippen LogP contribution >= 0.6 is 23.2 Å². The van der Waals surface area contributed by atoms with Crippen molar-refractivity contribution in [3.63, 3.8) is 0 Å². The van der Waals surface area contributed by atoms with Gasteiger partial charge in [0.25, 0.3) is 5.91 Å². The summed E-state index contributed by atoms with van der Waals surface area (Å²) in [5.74, 6) is -0.159. The number of hydrogen-bond acceptors (Lipinski definition) is 4. The maximum absolute atomic E-state index is 13.3. The Bertz CT molecular complexity index is 1140. The van der Waals surface area contributed by atoms with Gasteiger partial charge in [-0.1, -0.05) is 82.8 Å². The zero-order chi connectivity index (χ0) is 23.5. The molecule has 1 aliphatic heterocycles. The number of halogens is 2. The van der Waals surface area contributed by atoms with E-state index in [2.05, 4.69) is 0 Å². The van der Waals surface area contributed by atoms with Gasteiger partial charge in [-0.25, -0.2) is 0 Å². The van der Waals surface area contributed by atoms with E-state index in [0.717, 1.165) is 16.7 Å². The van der Waals surface area contributed by atoms with E-state index < -0.39 is 23.3 Å². The second kappa shape index (κ2) is 10.4. The van der Waals surface area contributed by atoms with E-state index in [0.29, 0.717) is 22.0 Å². The average Bonchev–Trinajstić information content (AvgIpc) is 2.79. The third-order valence-electron chi connectivity index (χ3n) is 5.78. The molecule has 1 fully saturated rings. The lowest BCUT2D eigenvalue weighted by molar-refractivity contribution is -0.171. The van der Waals surface area contributed by atoms with Crippen molar-refractivity contribution in [3.8, 4) is 0 Å². The van der Waals surface area contributed by atoms with Crippen LogP contribution in [0.15, 0.2) is 72.8 Å². The Morgan fingerprint density at radius 1 is 0.879 bits per heavy atom. The number of hydrogen-bond donors (Lipinski definition) is 0. The number of rotatable bonds is 6. The van der Waals surface area contributed by atoms with Gasteiger partial charge in [0.2, 0.25) is 0 Å². The normalized spacial score (nSPS) is 21.8. The van der Waals surface area contributed by atoms with Crippen LogP contribution in [0.2, 0.25) is 10.0 Å². The van der Waals surface area contributed by atoms with Gasteiger partial charge in [0.1, 0.15) is 12.2 Å². The van der Waals surface area contributed by atoms with Crippen molar-refractivity contribution in [1.29, 1.82) is 0 Å². The third kappa shape index (κ3) is 5.65. The van der Waals surface area contributed by atoms with Crippen LogP contribution in [0.25, 0.3) is 0 Å². The fourth-order valence-electron chi connectivity index (χ4n) is 4.11. The summed E-state index contributed by atoms with van der Waals surface area (Å²) in [7, 11) is 1.78. The first-order valence-electron chi connectivity index (χ1n) is 10.4. The number of carbonyl (C=O) groups is 1. The molecule has 4 atom stereocenters. The average molecular weight is 503 g/mol. The van der Waals surface area contributed by atoms with Gasteiger partial charge in [0.05, 0.1) is 6.04 Å². The summed E-state index contributed by atoms with van der Waals surface area (Å²) in [5.41, 5.74) is 3.42. The Morgan fingerprint density at radius 2 is 1.39 bits per heavy atom. The number of nitrogens with zero attached hydrogens (tertiary/aromatic N) is 1. The van der Waals surface area contributed by atoms with Crippen molar-refractivity contribution in [3.05, 3.63) is 105 Å². The number of morpholine rings is 1. The predicted molar refractivity (Wildman–Crippen MR) is 129 cm³/mol. The number of carbonyl (C=O) groups excluding carboxylic acids is 1. The number of ether oxygens (including phenoxy) is 1. The van der Waals surface area contributed by atoms with Crippen LogP contribution in [0, 0.1) is 0 Å². The van der Waals surface area contributed by atoms with Gasteiger partial charge >= 0.3 is 0 Å². The van der Waals surface area contributed by atoms with Gasteiger partial charge in [-0.15, -0.1) is 0 Å². The zero-order valence-corrected chi connectivity index (χ0v) is 20.1. The fraction of sp³-hybridized carbons (Fsp3) is 0.240. The smallest absolute Gasteiger partial charge is 0.252 e. The summed E-state index contributed by atoms with van der Waals surface area (Å²) in [6.45, 7) is 0. The van der Waals surface area contributed by atoms with Crippen molar-refractivity contribution >= 4 is 40.2 Å². The summed E-state index contributed by atoms with van der Waals surface area (Å²) in [6.07, 6.45) is -0.710. The zero-order valence-electron chi connectivity index (χ0n) is 17.8. The molecule has 1 amide bonds. The lowest BCUT2D eigenvalue weighted by atomic mass is 9.91. The molecule has 1 saturated heterocycles. The lowest BCUT2D eigenvalue weighted by Gasteiger charge is -2.43. The molecular formula is C25H22Cl2NO4S-. The second-order valence-electron chi connectivity index (χ2n) is 8.01. The van der Waals surface area contributed by atoms with Crippen LogP contribution < -0.4 is 0 Å². The van der Waals surface area contributed by atoms with Gasteiger partial charge in [-0.3, -0.25) is 9.00 Å². The van der Waals surface area contributed by atoms with Crippen LogP contribution in [-0.4, -0.2) is 32.7 Å². The predicted octanol–water partition coefficient (Wildman–Crippen LogP) is 5.25. The molecule has 0 aliphatic carbocycles. The lowest BCUT2D eigenvalue weighted by Crippen LogP contribution is -2.49. The molecule has 0 bridgehead atoms. The summed E-state index contributed by atoms with van der Waals surface area (Å²) in [5, 5.41) is 1.24. The first-order chi connectivity index (χ1) is 15.8. The summed E-state index contributed by atoms with van der Waals surface area (Å²) < 4.78 is 28.3. The van der Waals surface area contributed by atoms with Crippen molar-refractivity contribution < 1.29 is 18.3 Å². The quantitative estimate of drug-likeness (QED) is 0.431. The molecule has 1 aliphatic rings. The molecule has 0 spiro atoms. The second-order valence-corrected chi connectivity index (χ2v) is 9.78. The molecule has 5 nitrogen and oxygen atoms in total. The van der Waals surface area contributed by atoms with E-state index in [1.807, 2.05) is 48.5 Å². The summed E-state index contributed by atoms with van der Waals surface area (Å²) in [6, 6.07) is 21.7. The molecule has 3 aromatic carbocycles. The molecule has 0 radical (unpaired) electrons. The van der Waals surface area contributed by atoms with E-state index in [-0.39, 0.29) is 17.7 Å². The largest absolute Gasteiger partial charge is 0.772 e. The van der Waals surface area contributed by atoms with Crippen LogP contribution in [0.3, 0.4) is 0 Å². The van der Waals surface area contributed by atoms with Gasteiger partial charge < -0.3 is 14.2 Å². The van der Waals surface area contributed by atoms with Crippen LogP contribution in [-0.2, 0) is 32.8 Å². The topological polar surface area (TPSA) is 69.7 Å². The Hall–Kier alpha value is -2.22. The van der Waals surface area contributed by atoms with Crippen LogP contribution in [0.1, 0.15) is 34.4 Å². The molecule has 172 valence electrons. The molecule has 8 heteroatoms. The molecule has 33 heavy (non-hydrogen) atoms. The molecule has 4 rings (SSSR count). The van der Waals surface area contributed by atoms with E-state index in [4.69, 9.17) is 27.9 Å². The molecular weight excluding hydrogens is 481 g/mol. The SMILES string of the molecule is CN1C(=O)[C@@H](Cc2ccc(CS(=O)[O-])cc2)O[C@H](c2ccc(Cl)cc2)[C@@H]1c1ccc(Cl)cc1. The van der Waals surface area contributed by atoms with Gasteiger partial charge in [-0.05, 0) is 46.5 Å². The highest BCUT2D eigenvalue weighted by Crippen LogP contribution is 2.42. The highest BCUT2D eigenvalue weighted by Gasteiger charge is 2.42. The highest BCUT2D eigenvalue weighted by atomic mass is 35.5. The molecule has 3 aromatic rings. The first kappa shape index (κ1) is 23.9. The first-order valence-corrected chi connectivity index (χ1v) is 12.4. The minimum absolute atomic E-state index is 0.0384. The standard InChI is InChI=1S/C25H23Cl2NO4S/c1-28-23(18-6-10-20(26)11-7-18)24(19-8-12-21(27)13-9-19)32-22(25(28)29)14-16-2-4-17(5-3-16)15-33(30)31/h2-13,22-24H,14-15H2,1H3,(H,30,31)/p-1/t22-,23+,24-/m1/s1. The van der Waals surface area contributed by atoms with Crippen molar-refractivity contribution in [2.75, 3.05) is 7.05 Å². The van der Waals surface area contributed by atoms with E-state index in [1.54, 1.807) is 36.2 Å². The molecule has 1 unspecified atom stereocenters. The monoisotopic (exact) mass is 502 g/mol. The van der Waals surface area contributed by atoms with Crippen molar-refractivity contribution in [2.24, 2.45) is 0 Å². The molecule has 0 aromatic heterocycles.